The molecule has 0 fully saturated rings. The number of benzene rings is 1. The van der Waals surface area contributed by atoms with Crippen molar-refractivity contribution in [2.75, 3.05) is 0 Å². The first-order valence-electron chi connectivity index (χ1n) is 7.31. The molecule has 0 N–H and O–H groups in total. The van der Waals surface area contributed by atoms with Gasteiger partial charge in [0.25, 0.3) is 0 Å². The Balaban J connectivity index is 1.58. The summed E-state index contributed by atoms with van der Waals surface area (Å²) in [7, 11) is 0. The van der Waals surface area contributed by atoms with Crippen molar-refractivity contribution >= 4 is 5.78 Å². The fourth-order valence-electron chi connectivity index (χ4n) is 2.36. The van der Waals surface area contributed by atoms with Crippen LogP contribution >= 0.6 is 0 Å². The molecule has 0 atom stereocenters. The molecule has 0 saturated heterocycles. The van der Waals surface area contributed by atoms with Crippen molar-refractivity contribution in [3.63, 3.8) is 0 Å². The van der Waals surface area contributed by atoms with Gasteiger partial charge in [-0.05, 0) is 11.6 Å². The Bertz CT molecular complexity index is 920. The van der Waals surface area contributed by atoms with E-state index in [1.54, 1.807) is 6.20 Å². The molecule has 5 nitrogen and oxygen atoms in total. The third kappa shape index (κ3) is 2.89. The SMILES string of the molecule is c1ccc(-c2cnc3nc(COc4ccccn4)cn3c2)cc1. The van der Waals surface area contributed by atoms with Crippen LogP contribution in [-0.4, -0.2) is 19.4 Å². The maximum absolute atomic E-state index is 5.62. The van der Waals surface area contributed by atoms with Gasteiger partial charge in [0.2, 0.25) is 11.7 Å². The molecule has 5 heteroatoms. The van der Waals surface area contributed by atoms with E-state index in [1.807, 2.05) is 59.4 Å². The van der Waals surface area contributed by atoms with E-state index in [0.29, 0.717) is 18.3 Å². The van der Waals surface area contributed by atoms with E-state index >= 15 is 0 Å². The summed E-state index contributed by atoms with van der Waals surface area (Å²) in [6.45, 7) is 0.362. The average Bonchev–Trinajstić information content (AvgIpc) is 3.04. The molecule has 4 rings (SSSR count). The van der Waals surface area contributed by atoms with Gasteiger partial charge in [0.1, 0.15) is 6.61 Å². The van der Waals surface area contributed by atoms with Gasteiger partial charge in [0, 0.05) is 36.4 Å². The largest absolute Gasteiger partial charge is 0.471 e. The molecular weight excluding hydrogens is 288 g/mol. The summed E-state index contributed by atoms with van der Waals surface area (Å²) >= 11 is 0. The van der Waals surface area contributed by atoms with E-state index in [4.69, 9.17) is 4.74 Å². The molecule has 0 amide bonds. The van der Waals surface area contributed by atoms with Crippen LogP contribution in [0, 0.1) is 0 Å². The molecule has 4 aromatic rings. The second kappa shape index (κ2) is 5.88. The third-order valence-corrected chi connectivity index (χ3v) is 3.47. The molecule has 0 spiro atoms. The minimum atomic E-state index is 0.362. The van der Waals surface area contributed by atoms with Crippen molar-refractivity contribution in [3.05, 3.63) is 79.0 Å². The van der Waals surface area contributed by atoms with Crippen molar-refractivity contribution < 1.29 is 4.74 Å². The van der Waals surface area contributed by atoms with Crippen molar-refractivity contribution in [3.8, 4) is 17.0 Å². The fraction of sp³-hybridized carbons (Fsp3) is 0.0556. The van der Waals surface area contributed by atoms with Crippen molar-refractivity contribution in [2.24, 2.45) is 0 Å². The summed E-state index contributed by atoms with van der Waals surface area (Å²) in [6, 6.07) is 15.7. The first-order chi connectivity index (χ1) is 11.4. The van der Waals surface area contributed by atoms with Gasteiger partial charge in [-0.15, -0.1) is 0 Å². The first-order valence-corrected chi connectivity index (χ1v) is 7.31. The van der Waals surface area contributed by atoms with E-state index in [2.05, 4.69) is 27.1 Å². The molecule has 112 valence electrons. The van der Waals surface area contributed by atoms with Crippen LogP contribution < -0.4 is 4.74 Å². The van der Waals surface area contributed by atoms with Crippen LogP contribution in [0.15, 0.2) is 73.3 Å². The predicted octanol–water partition coefficient (Wildman–Crippen LogP) is 3.37. The summed E-state index contributed by atoms with van der Waals surface area (Å²) in [5.41, 5.74) is 2.99. The van der Waals surface area contributed by atoms with Gasteiger partial charge >= 0.3 is 0 Å². The second-order valence-electron chi connectivity index (χ2n) is 5.10. The normalized spacial score (nSPS) is 10.8. The molecule has 0 aliphatic carbocycles. The highest BCUT2D eigenvalue weighted by Gasteiger charge is 2.06. The predicted molar refractivity (Wildman–Crippen MR) is 87.0 cm³/mol. The lowest BCUT2D eigenvalue weighted by molar-refractivity contribution is 0.290. The number of ether oxygens (including phenoxy) is 1. The van der Waals surface area contributed by atoms with Crippen LogP contribution in [0.5, 0.6) is 5.88 Å². The lowest BCUT2D eigenvalue weighted by Gasteiger charge is -2.01. The van der Waals surface area contributed by atoms with Gasteiger partial charge in [0.15, 0.2) is 0 Å². The van der Waals surface area contributed by atoms with Crippen LogP contribution in [0.3, 0.4) is 0 Å². The molecule has 3 heterocycles. The van der Waals surface area contributed by atoms with E-state index in [0.717, 1.165) is 16.8 Å². The van der Waals surface area contributed by atoms with Crippen molar-refractivity contribution in [2.45, 2.75) is 6.61 Å². The van der Waals surface area contributed by atoms with E-state index in [-0.39, 0.29) is 0 Å². The standard InChI is InChI=1S/C18H14N4O/c1-2-6-14(7-3-1)15-10-20-18-21-16(12-22(18)11-15)13-23-17-8-4-5-9-19-17/h1-12H,13H2. The average molecular weight is 302 g/mol. The van der Waals surface area contributed by atoms with E-state index < -0.39 is 0 Å². The molecule has 0 radical (unpaired) electrons. The number of imidazole rings is 1. The van der Waals surface area contributed by atoms with Gasteiger partial charge < -0.3 is 4.74 Å². The minimum absolute atomic E-state index is 0.362. The molecular formula is C18H14N4O. The van der Waals surface area contributed by atoms with Crippen molar-refractivity contribution in [1.29, 1.82) is 0 Å². The summed E-state index contributed by atoms with van der Waals surface area (Å²) in [5.74, 6) is 1.24. The molecule has 3 aromatic heterocycles. The number of hydrogen-bond donors (Lipinski definition) is 0. The molecule has 0 aliphatic rings. The zero-order valence-corrected chi connectivity index (χ0v) is 12.3. The maximum atomic E-state index is 5.62. The monoisotopic (exact) mass is 302 g/mol. The zero-order chi connectivity index (χ0) is 15.5. The molecule has 0 bridgehead atoms. The summed E-state index contributed by atoms with van der Waals surface area (Å²) < 4.78 is 7.54. The topological polar surface area (TPSA) is 52.3 Å². The van der Waals surface area contributed by atoms with Gasteiger partial charge in [0.05, 0.1) is 5.69 Å². The minimum Gasteiger partial charge on any atom is -0.471 e. The smallest absolute Gasteiger partial charge is 0.234 e. The zero-order valence-electron chi connectivity index (χ0n) is 12.3. The van der Waals surface area contributed by atoms with Gasteiger partial charge in [-0.25, -0.2) is 15.0 Å². The Morgan fingerprint density at radius 1 is 0.870 bits per heavy atom. The Morgan fingerprint density at radius 3 is 2.57 bits per heavy atom. The number of rotatable bonds is 4. The number of pyridine rings is 1. The lowest BCUT2D eigenvalue weighted by atomic mass is 10.1. The van der Waals surface area contributed by atoms with Crippen LogP contribution in [0.4, 0.5) is 0 Å². The second-order valence-corrected chi connectivity index (χ2v) is 5.10. The molecule has 0 unspecified atom stereocenters. The summed E-state index contributed by atoms with van der Waals surface area (Å²) in [4.78, 5) is 13.0. The molecule has 23 heavy (non-hydrogen) atoms. The number of nitrogens with zero attached hydrogens (tertiary/aromatic N) is 4. The van der Waals surface area contributed by atoms with Crippen molar-refractivity contribution in [1.82, 2.24) is 19.4 Å². The summed E-state index contributed by atoms with van der Waals surface area (Å²) in [6.07, 6.45) is 7.49. The Hall–Kier alpha value is -3.21. The van der Waals surface area contributed by atoms with Crippen LogP contribution in [0.1, 0.15) is 5.69 Å². The molecule has 0 aliphatic heterocycles. The quantitative estimate of drug-likeness (QED) is 0.580. The van der Waals surface area contributed by atoms with Gasteiger partial charge in [-0.1, -0.05) is 36.4 Å². The Labute approximate surface area is 133 Å². The Kier molecular flexibility index (Phi) is 3.44. The van der Waals surface area contributed by atoms with Gasteiger partial charge in [-0.2, -0.15) is 0 Å². The lowest BCUT2D eigenvalue weighted by Crippen LogP contribution is -1.96. The summed E-state index contributed by atoms with van der Waals surface area (Å²) in [5, 5.41) is 0. The Morgan fingerprint density at radius 2 is 1.74 bits per heavy atom. The van der Waals surface area contributed by atoms with E-state index in [9.17, 15) is 0 Å². The highest BCUT2D eigenvalue weighted by atomic mass is 16.5. The van der Waals surface area contributed by atoms with Crippen LogP contribution in [-0.2, 0) is 6.61 Å². The van der Waals surface area contributed by atoms with Crippen LogP contribution in [0.25, 0.3) is 16.9 Å². The highest BCUT2D eigenvalue weighted by molar-refractivity contribution is 5.62. The third-order valence-electron chi connectivity index (χ3n) is 3.47. The number of hydrogen-bond acceptors (Lipinski definition) is 4. The van der Waals surface area contributed by atoms with Crippen LogP contribution in [0.2, 0.25) is 0 Å². The fourth-order valence-corrected chi connectivity index (χ4v) is 2.36. The number of aromatic nitrogens is 4. The highest BCUT2D eigenvalue weighted by Crippen LogP contribution is 2.18. The molecule has 0 saturated carbocycles. The maximum Gasteiger partial charge on any atom is 0.234 e. The van der Waals surface area contributed by atoms with E-state index in [1.165, 1.54) is 0 Å². The number of fused-ring (bicyclic) bond motifs is 1. The van der Waals surface area contributed by atoms with Gasteiger partial charge in [-0.3, -0.25) is 4.40 Å². The first kappa shape index (κ1) is 13.5. The molecule has 1 aromatic carbocycles.